The van der Waals surface area contributed by atoms with Gasteiger partial charge in [-0.1, -0.05) is 41.1 Å². The smallest absolute Gasteiger partial charge is 0.176 e. The van der Waals surface area contributed by atoms with Gasteiger partial charge < -0.3 is 0 Å². The van der Waals surface area contributed by atoms with Crippen molar-refractivity contribution in [3.8, 4) is 11.1 Å². The Morgan fingerprint density at radius 2 is 1.68 bits per heavy atom. The topological polar surface area (TPSA) is 34.1 Å². The second-order valence-corrected chi connectivity index (χ2v) is 7.22. The van der Waals surface area contributed by atoms with Gasteiger partial charge in [0, 0.05) is 16.3 Å². The van der Waals surface area contributed by atoms with Crippen LogP contribution in [0.25, 0.3) is 11.1 Å². The van der Waals surface area contributed by atoms with E-state index in [2.05, 4.69) is 15.9 Å². The van der Waals surface area contributed by atoms with Gasteiger partial charge >= 0.3 is 0 Å². The van der Waals surface area contributed by atoms with E-state index < -0.39 is 9.84 Å². The van der Waals surface area contributed by atoms with Gasteiger partial charge in [0.05, 0.1) is 4.90 Å². The van der Waals surface area contributed by atoms with E-state index in [-0.39, 0.29) is 0 Å². The molecular weight excluding hydrogens is 324 g/mol. The number of rotatable bonds is 3. The molecule has 0 N–H and O–H groups in total. The van der Waals surface area contributed by atoms with Crippen LogP contribution in [-0.4, -0.2) is 14.7 Å². The predicted octanol–water partition coefficient (Wildman–Crippen LogP) is 4.09. The Hall–Kier alpha value is -1.13. The Morgan fingerprint density at radius 1 is 1.05 bits per heavy atom. The molecule has 2 aromatic carbocycles. The molecule has 2 rings (SSSR count). The lowest BCUT2D eigenvalue weighted by molar-refractivity contribution is 0.602. The summed E-state index contributed by atoms with van der Waals surface area (Å²) < 4.78 is 24.7. The maximum atomic E-state index is 11.9. The van der Waals surface area contributed by atoms with Crippen LogP contribution < -0.4 is 0 Å². The van der Waals surface area contributed by atoms with Crippen LogP contribution in [0.3, 0.4) is 0 Å². The van der Waals surface area contributed by atoms with Crippen LogP contribution in [0.1, 0.15) is 12.5 Å². The first-order valence-electron chi connectivity index (χ1n) is 5.81. The summed E-state index contributed by atoms with van der Waals surface area (Å²) in [6.45, 7) is 1.93. The molecule has 0 unspecified atom stereocenters. The molecule has 0 saturated heterocycles. The molecule has 0 saturated carbocycles. The van der Waals surface area contributed by atoms with Crippen molar-refractivity contribution in [1.29, 1.82) is 0 Å². The molecule has 0 bridgehead atoms. The predicted molar refractivity (Wildman–Crippen MR) is 81.8 cm³/mol. The van der Waals surface area contributed by atoms with Gasteiger partial charge in [-0.05, 0) is 41.8 Å². The van der Waals surface area contributed by atoms with Crippen LogP contribution in [0, 0.1) is 6.42 Å². The zero-order valence-corrected chi connectivity index (χ0v) is 13.1. The van der Waals surface area contributed by atoms with Gasteiger partial charge in [-0.15, -0.1) is 0 Å². The fourth-order valence-corrected chi connectivity index (χ4v) is 3.06. The molecule has 0 aliphatic carbocycles. The van der Waals surface area contributed by atoms with Gasteiger partial charge in [-0.2, -0.15) is 0 Å². The first-order chi connectivity index (χ1) is 8.91. The van der Waals surface area contributed by atoms with Crippen molar-refractivity contribution in [1.82, 2.24) is 0 Å². The highest BCUT2D eigenvalue weighted by Gasteiger charge is 2.15. The first-order valence-corrected chi connectivity index (χ1v) is 8.49. The molecule has 4 heteroatoms. The van der Waals surface area contributed by atoms with Gasteiger partial charge in [0.2, 0.25) is 0 Å². The number of hydrogen-bond donors (Lipinski definition) is 0. The van der Waals surface area contributed by atoms with Crippen molar-refractivity contribution in [2.75, 3.05) is 6.26 Å². The van der Waals surface area contributed by atoms with Crippen molar-refractivity contribution in [3.05, 3.63) is 58.9 Å². The number of hydrogen-bond acceptors (Lipinski definition) is 2. The zero-order chi connectivity index (χ0) is 14.0. The lowest BCUT2D eigenvalue weighted by Crippen LogP contribution is -2.00. The molecule has 0 aliphatic heterocycles. The van der Waals surface area contributed by atoms with Crippen molar-refractivity contribution in [2.24, 2.45) is 0 Å². The molecule has 0 amide bonds. The largest absolute Gasteiger partial charge is 0.224 e. The summed E-state index contributed by atoms with van der Waals surface area (Å²) in [6, 6.07) is 13.0. The molecule has 2 aromatic rings. The van der Waals surface area contributed by atoms with E-state index in [0.29, 0.717) is 4.90 Å². The molecule has 99 valence electrons. The molecule has 0 fully saturated rings. The van der Waals surface area contributed by atoms with Crippen LogP contribution >= 0.6 is 15.9 Å². The monoisotopic (exact) mass is 337 g/mol. The second kappa shape index (κ2) is 5.47. The van der Waals surface area contributed by atoms with Gasteiger partial charge in [0.15, 0.2) is 9.84 Å². The minimum absolute atomic E-state index is 0.362. The lowest BCUT2D eigenvalue weighted by atomic mass is 10.0. The molecule has 1 radical (unpaired) electrons. The fourth-order valence-electron chi connectivity index (χ4n) is 1.91. The zero-order valence-electron chi connectivity index (χ0n) is 10.7. The van der Waals surface area contributed by atoms with Gasteiger partial charge in [0.25, 0.3) is 0 Å². The Balaban J connectivity index is 2.68. The molecule has 0 aliphatic rings. The molecule has 0 heterocycles. The molecule has 2 nitrogen and oxygen atoms in total. The Bertz CT molecular complexity index is 689. The van der Waals surface area contributed by atoms with Crippen molar-refractivity contribution in [3.63, 3.8) is 0 Å². The lowest BCUT2D eigenvalue weighted by Gasteiger charge is -2.10. The van der Waals surface area contributed by atoms with Crippen LogP contribution in [0.15, 0.2) is 51.8 Å². The average Bonchev–Trinajstić information content (AvgIpc) is 2.38. The van der Waals surface area contributed by atoms with E-state index >= 15 is 0 Å². The highest BCUT2D eigenvalue weighted by atomic mass is 79.9. The number of halogens is 1. The van der Waals surface area contributed by atoms with E-state index in [1.807, 2.05) is 49.7 Å². The summed E-state index contributed by atoms with van der Waals surface area (Å²) in [4.78, 5) is 0.362. The summed E-state index contributed by atoms with van der Waals surface area (Å²) in [5, 5.41) is 0. The van der Waals surface area contributed by atoms with Crippen molar-refractivity contribution in [2.45, 2.75) is 11.8 Å². The summed E-state index contributed by atoms with van der Waals surface area (Å²) in [5.41, 5.74) is 2.64. The fraction of sp³-hybridized carbons (Fsp3) is 0.133. The van der Waals surface area contributed by atoms with Gasteiger partial charge in [-0.3, -0.25) is 0 Å². The third-order valence-corrected chi connectivity index (χ3v) is 4.58. The van der Waals surface area contributed by atoms with E-state index in [0.717, 1.165) is 21.2 Å². The SMILES string of the molecule is C[CH]c1ccc(S(C)(=O)=O)c(-c2ccc(Br)cc2)c1. The maximum absolute atomic E-state index is 11.9. The highest BCUT2D eigenvalue weighted by Crippen LogP contribution is 2.30. The van der Waals surface area contributed by atoms with Crippen LogP contribution in [0.4, 0.5) is 0 Å². The summed E-state index contributed by atoms with van der Waals surface area (Å²) in [7, 11) is -3.24. The van der Waals surface area contributed by atoms with Crippen LogP contribution in [-0.2, 0) is 9.84 Å². The summed E-state index contributed by atoms with van der Waals surface area (Å²) in [5.74, 6) is 0. The molecule has 0 aromatic heterocycles. The van der Waals surface area contributed by atoms with E-state index in [9.17, 15) is 8.42 Å². The molecular formula is C15H14BrO2S. The van der Waals surface area contributed by atoms with Crippen molar-refractivity contribution < 1.29 is 8.42 Å². The van der Waals surface area contributed by atoms with Crippen molar-refractivity contribution >= 4 is 25.8 Å². The highest BCUT2D eigenvalue weighted by molar-refractivity contribution is 9.10. The number of sulfone groups is 1. The molecule has 19 heavy (non-hydrogen) atoms. The molecule has 0 spiro atoms. The summed E-state index contributed by atoms with van der Waals surface area (Å²) in [6.07, 6.45) is 3.19. The minimum atomic E-state index is -3.24. The second-order valence-electron chi connectivity index (χ2n) is 4.32. The maximum Gasteiger partial charge on any atom is 0.176 e. The van der Waals surface area contributed by atoms with E-state index in [4.69, 9.17) is 0 Å². The minimum Gasteiger partial charge on any atom is -0.224 e. The summed E-state index contributed by atoms with van der Waals surface area (Å²) >= 11 is 3.38. The molecule has 0 atom stereocenters. The average molecular weight is 338 g/mol. The normalized spacial score (nSPS) is 11.5. The third kappa shape index (κ3) is 3.25. The van der Waals surface area contributed by atoms with Gasteiger partial charge in [0.1, 0.15) is 0 Å². The number of benzene rings is 2. The standard InChI is InChI=1S/C15H14BrO2S/c1-3-11-4-9-15(19(2,17)18)14(10-11)12-5-7-13(16)8-6-12/h3-10H,1-2H3. The van der Waals surface area contributed by atoms with Crippen LogP contribution in [0.5, 0.6) is 0 Å². The van der Waals surface area contributed by atoms with E-state index in [1.54, 1.807) is 6.07 Å². The Kier molecular flexibility index (Phi) is 4.11. The third-order valence-electron chi connectivity index (χ3n) is 2.89. The first kappa shape index (κ1) is 14.3. The van der Waals surface area contributed by atoms with Gasteiger partial charge in [-0.25, -0.2) is 8.42 Å². The quantitative estimate of drug-likeness (QED) is 0.845. The Morgan fingerprint density at radius 3 is 2.21 bits per heavy atom. The van der Waals surface area contributed by atoms with Crippen LogP contribution in [0.2, 0.25) is 0 Å². The van der Waals surface area contributed by atoms with E-state index in [1.165, 1.54) is 6.26 Å². The Labute approximate surface area is 122 Å².